The van der Waals surface area contributed by atoms with Crippen molar-refractivity contribution < 1.29 is 15.0 Å². The van der Waals surface area contributed by atoms with Crippen molar-refractivity contribution in [2.45, 2.75) is 12.5 Å². The van der Waals surface area contributed by atoms with Crippen LogP contribution < -0.4 is 5.32 Å². The third-order valence-electron chi connectivity index (χ3n) is 2.37. The van der Waals surface area contributed by atoms with Crippen LogP contribution in [0.1, 0.15) is 12.5 Å². The van der Waals surface area contributed by atoms with Gasteiger partial charge in [-0.15, -0.1) is 0 Å². The molecule has 0 spiro atoms. The predicted molar refractivity (Wildman–Crippen MR) is 56.5 cm³/mol. The minimum absolute atomic E-state index is 0.0876. The fourth-order valence-electron chi connectivity index (χ4n) is 1.38. The maximum Gasteiger partial charge on any atom is 0.328 e. The molecule has 1 aromatic rings. The van der Waals surface area contributed by atoms with Gasteiger partial charge in [-0.25, -0.2) is 4.79 Å². The third-order valence-corrected chi connectivity index (χ3v) is 2.37. The standard InChI is InChI=1S/C11H15NO3/c1-11(10(14)15,12-7-8-13)9-5-3-2-4-6-9/h2-6,12-13H,7-8H2,1H3,(H,14,15). The van der Waals surface area contributed by atoms with Gasteiger partial charge >= 0.3 is 5.97 Å². The molecular weight excluding hydrogens is 194 g/mol. The second kappa shape index (κ2) is 4.91. The molecule has 4 heteroatoms. The van der Waals surface area contributed by atoms with E-state index in [1.165, 1.54) is 0 Å². The van der Waals surface area contributed by atoms with E-state index in [2.05, 4.69) is 5.32 Å². The first-order valence-corrected chi connectivity index (χ1v) is 4.76. The Morgan fingerprint density at radius 3 is 2.47 bits per heavy atom. The number of carboxylic acids is 1. The molecule has 0 aliphatic carbocycles. The van der Waals surface area contributed by atoms with Gasteiger partial charge in [0.05, 0.1) is 6.61 Å². The van der Waals surface area contributed by atoms with Gasteiger partial charge in [0, 0.05) is 6.54 Å². The molecule has 0 bridgehead atoms. The summed E-state index contributed by atoms with van der Waals surface area (Å²) in [7, 11) is 0. The molecule has 15 heavy (non-hydrogen) atoms. The van der Waals surface area contributed by atoms with E-state index in [1.807, 2.05) is 6.07 Å². The van der Waals surface area contributed by atoms with Gasteiger partial charge in [-0.1, -0.05) is 30.3 Å². The highest BCUT2D eigenvalue weighted by molar-refractivity contribution is 5.80. The molecule has 1 rings (SSSR count). The SMILES string of the molecule is CC(NCCO)(C(=O)O)c1ccccc1. The fourth-order valence-corrected chi connectivity index (χ4v) is 1.38. The molecule has 0 radical (unpaired) electrons. The van der Waals surface area contributed by atoms with Crippen LogP contribution in [0.3, 0.4) is 0 Å². The average Bonchev–Trinajstić information content (AvgIpc) is 2.27. The molecule has 0 heterocycles. The number of rotatable bonds is 5. The van der Waals surface area contributed by atoms with Crippen molar-refractivity contribution in [3.05, 3.63) is 35.9 Å². The zero-order valence-electron chi connectivity index (χ0n) is 8.60. The van der Waals surface area contributed by atoms with Gasteiger partial charge in [0.1, 0.15) is 5.54 Å². The van der Waals surface area contributed by atoms with Crippen molar-refractivity contribution in [2.75, 3.05) is 13.2 Å². The van der Waals surface area contributed by atoms with Crippen molar-refractivity contribution >= 4 is 5.97 Å². The second-order valence-electron chi connectivity index (χ2n) is 3.45. The van der Waals surface area contributed by atoms with Crippen LogP contribution in [0.2, 0.25) is 0 Å². The minimum atomic E-state index is -1.15. The number of aliphatic hydroxyl groups is 1. The van der Waals surface area contributed by atoms with E-state index in [1.54, 1.807) is 31.2 Å². The molecule has 4 nitrogen and oxygen atoms in total. The van der Waals surface area contributed by atoms with Gasteiger partial charge < -0.3 is 10.2 Å². The number of hydrogen-bond acceptors (Lipinski definition) is 3. The molecule has 0 aliphatic rings. The number of aliphatic carboxylic acids is 1. The van der Waals surface area contributed by atoms with E-state index in [-0.39, 0.29) is 13.2 Å². The molecule has 82 valence electrons. The van der Waals surface area contributed by atoms with Crippen LogP contribution in [-0.4, -0.2) is 29.3 Å². The first-order valence-electron chi connectivity index (χ1n) is 4.76. The molecule has 3 N–H and O–H groups in total. The number of hydrogen-bond donors (Lipinski definition) is 3. The van der Waals surface area contributed by atoms with Crippen LogP contribution in [0.15, 0.2) is 30.3 Å². The van der Waals surface area contributed by atoms with Gasteiger partial charge in [0.25, 0.3) is 0 Å². The summed E-state index contributed by atoms with van der Waals surface area (Å²) in [5.41, 5.74) is -0.477. The predicted octanol–water partition coefficient (Wildman–Crippen LogP) is 0.568. The van der Waals surface area contributed by atoms with Crippen LogP contribution in [0.5, 0.6) is 0 Å². The molecule has 0 fully saturated rings. The van der Waals surface area contributed by atoms with E-state index >= 15 is 0 Å². The number of carboxylic acid groups (broad SMARTS) is 1. The molecular formula is C11H15NO3. The highest BCUT2D eigenvalue weighted by Crippen LogP contribution is 2.20. The summed E-state index contributed by atoms with van der Waals surface area (Å²) in [6.07, 6.45) is 0. The smallest absolute Gasteiger partial charge is 0.328 e. The molecule has 0 amide bonds. The van der Waals surface area contributed by atoms with Crippen LogP contribution >= 0.6 is 0 Å². The van der Waals surface area contributed by atoms with Crippen LogP contribution in [0.25, 0.3) is 0 Å². The van der Waals surface area contributed by atoms with Crippen LogP contribution in [-0.2, 0) is 10.3 Å². The number of carbonyl (C=O) groups is 1. The summed E-state index contributed by atoms with van der Waals surface area (Å²) in [5, 5.41) is 20.7. The summed E-state index contributed by atoms with van der Waals surface area (Å²) in [5.74, 6) is -0.956. The Bertz CT molecular complexity index is 326. The highest BCUT2D eigenvalue weighted by Gasteiger charge is 2.33. The summed E-state index contributed by atoms with van der Waals surface area (Å²) in [4.78, 5) is 11.2. The average molecular weight is 209 g/mol. The zero-order chi connectivity index (χ0) is 11.3. The quantitative estimate of drug-likeness (QED) is 0.663. The molecule has 0 saturated carbocycles. The minimum Gasteiger partial charge on any atom is -0.480 e. The second-order valence-corrected chi connectivity index (χ2v) is 3.45. The first kappa shape index (κ1) is 11.7. The fraction of sp³-hybridized carbons (Fsp3) is 0.364. The van der Waals surface area contributed by atoms with Gasteiger partial charge in [0.2, 0.25) is 0 Å². The van der Waals surface area contributed by atoms with E-state index in [0.717, 1.165) is 0 Å². The van der Waals surface area contributed by atoms with Gasteiger partial charge in [-0.3, -0.25) is 5.32 Å². The Kier molecular flexibility index (Phi) is 3.82. The Hall–Kier alpha value is -1.39. The van der Waals surface area contributed by atoms with Gasteiger partial charge in [0.15, 0.2) is 0 Å². The maximum absolute atomic E-state index is 11.2. The van der Waals surface area contributed by atoms with Gasteiger partial charge in [-0.05, 0) is 12.5 Å². The van der Waals surface area contributed by atoms with E-state index < -0.39 is 11.5 Å². The van der Waals surface area contributed by atoms with Crippen LogP contribution in [0.4, 0.5) is 0 Å². The van der Waals surface area contributed by atoms with E-state index in [4.69, 9.17) is 10.2 Å². The molecule has 1 aromatic carbocycles. The number of nitrogens with one attached hydrogen (secondary N) is 1. The lowest BCUT2D eigenvalue weighted by atomic mass is 9.92. The summed E-state index contributed by atoms with van der Waals surface area (Å²) in [6, 6.07) is 8.91. The molecule has 0 saturated heterocycles. The summed E-state index contributed by atoms with van der Waals surface area (Å²) < 4.78 is 0. The molecule has 0 aromatic heterocycles. The highest BCUT2D eigenvalue weighted by atomic mass is 16.4. The molecule has 1 unspecified atom stereocenters. The Morgan fingerprint density at radius 2 is 2.00 bits per heavy atom. The lowest BCUT2D eigenvalue weighted by molar-refractivity contribution is -0.144. The summed E-state index contributed by atoms with van der Waals surface area (Å²) in [6.45, 7) is 1.74. The Balaban J connectivity index is 2.96. The van der Waals surface area contributed by atoms with Crippen molar-refractivity contribution in [2.24, 2.45) is 0 Å². The molecule has 1 atom stereocenters. The Labute approximate surface area is 88.6 Å². The van der Waals surface area contributed by atoms with Crippen molar-refractivity contribution in [3.63, 3.8) is 0 Å². The van der Waals surface area contributed by atoms with E-state index in [9.17, 15) is 4.79 Å². The Morgan fingerprint density at radius 1 is 1.40 bits per heavy atom. The largest absolute Gasteiger partial charge is 0.480 e. The van der Waals surface area contributed by atoms with Crippen LogP contribution in [0, 0.1) is 0 Å². The summed E-state index contributed by atoms with van der Waals surface area (Å²) >= 11 is 0. The topological polar surface area (TPSA) is 69.6 Å². The van der Waals surface area contributed by atoms with Crippen molar-refractivity contribution in [3.8, 4) is 0 Å². The lowest BCUT2D eigenvalue weighted by Crippen LogP contribution is -2.47. The van der Waals surface area contributed by atoms with Crippen molar-refractivity contribution in [1.29, 1.82) is 0 Å². The van der Waals surface area contributed by atoms with Gasteiger partial charge in [-0.2, -0.15) is 0 Å². The first-order chi connectivity index (χ1) is 7.11. The number of aliphatic hydroxyl groups excluding tert-OH is 1. The van der Waals surface area contributed by atoms with Crippen molar-refractivity contribution in [1.82, 2.24) is 5.32 Å². The monoisotopic (exact) mass is 209 g/mol. The molecule has 0 aliphatic heterocycles. The maximum atomic E-state index is 11.2. The zero-order valence-corrected chi connectivity index (χ0v) is 8.60. The number of benzene rings is 1. The third kappa shape index (κ3) is 2.55. The lowest BCUT2D eigenvalue weighted by Gasteiger charge is -2.26. The van der Waals surface area contributed by atoms with E-state index in [0.29, 0.717) is 5.56 Å². The normalized spacial score (nSPS) is 14.5.